The van der Waals surface area contributed by atoms with E-state index in [-0.39, 0.29) is 0 Å². The Hall–Kier alpha value is -0.820. The van der Waals surface area contributed by atoms with E-state index in [2.05, 4.69) is 36.5 Å². The van der Waals surface area contributed by atoms with Crippen LogP contribution in [-0.2, 0) is 0 Å². The van der Waals surface area contributed by atoms with Gasteiger partial charge in [-0.15, -0.1) is 0 Å². The SMILES string of the molecule is Cc1cccc(C2CC(NCC3(C4CC4)CC3)C2)c1. The highest BCUT2D eigenvalue weighted by atomic mass is 15.0. The summed E-state index contributed by atoms with van der Waals surface area (Å²) in [4.78, 5) is 0. The Labute approximate surface area is 116 Å². The van der Waals surface area contributed by atoms with Gasteiger partial charge in [0.05, 0.1) is 0 Å². The smallest absolute Gasteiger partial charge is 0.00789 e. The molecule has 1 nitrogen and oxygen atoms in total. The minimum atomic E-state index is 0.758. The van der Waals surface area contributed by atoms with Gasteiger partial charge in [-0.25, -0.2) is 0 Å². The highest BCUT2D eigenvalue weighted by molar-refractivity contribution is 5.27. The first-order valence-corrected chi connectivity index (χ1v) is 8.05. The summed E-state index contributed by atoms with van der Waals surface area (Å²) in [6, 6.07) is 9.87. The Bertz CT molecular complexity index is 464. The quantitative estimate of drug-likeness (QED) is 0.838. The zero-order valence-corrected chi connectivity index (χ0v) is 12.0. The molecule has 0 spiro atoms. The van der Waals surface area contributed by atoms with Crippen LogP contribution in [0.4, 0.5) is 0 Å². The van der Waals surface area contributed by atoms with Crippen molar-refractivity contribution in [2.75, 3.05) is 6.54 Å². The van der Waals surface area contributed by atoms with Crippen LogP contribution in [0.15, 0.2) is 24.3 Å². The molecule has 1 aromatic rings. The summed E-state index contributed by atoms with van der Waals surface area (Å²) in [7, 11) is 0. The highest BCUT2D eigenvalue weighted by Gasteiger charge is 2.53. The third kappa shape index (κ3) is 2.33. The fourth-order valence-electron chi connectivity index (χ4n) is 3.91. The summed E-state index contributed by atoms with van der Waals surface area (Å²) >= 11 is 0. The second kappa shape index (κ2) is 4.34. The van der Waals surface area contributed by atoms with E-state index < -0.39 is 0 Å². The molecule has 0 unspecified atom stereocenters. The molecular weight excluding hydrogens is 230 g/mol. The molecule has 3 aliphatic carbocycles. The lowest BCUT2D eigenvalue weighted by Gasteiger charge is -2.37. The maximum Gasteiger partial charge on any atom is 0.00789 e. The average Bonchev–Trinajstić information content (AvgIpc) is 3.21. The standard InChI is InChI=1S/C18H25N/c1-13-3-2-4-14(9-13)15-10-17(11-15)19-12-18(7-8-18)16-5-6-16/h2-4,9,15-17,19H,5-8,10-12H2,1H3. The van der Waals surface area contributed by atoms with Crippen molar-refractivity contribution in [1.82, 2.24) is 5.32 Å². The van der Waals surface area contributed by atoms with Crippen molar-refractivity contribution in [1.29, 1.82) is 0 Å². The second-order valence-electron chi connectivity index (χ2n) is 7.30. The van der Waals surface area contributed by atoms with Gasteiger partial charge in [0.15, 0.2) is 0 Å². The van der Waals surface area contributed by atoms with E-state index in [1.165, 1.54) is 50.6 Å². The van der Waals surface area contributed by atoms with E-state index in [1.807, 2.05) is 0 Å². The summed E-state index contributed by atoms with van der Waals surface area (Å²) in [5, 5.41) is 3.86. The minimum absolute atomic E-state index is 0.758. The van der Waals surface area contributed by atoms with E-state index in [9.17, 15) is 0 Å². The molecular formula is C18H25N. The van der Waals surface area contributed by atoms with Crippen molar-refractivity contribution in [3.63, 3.8) is 0 Å². The van der Waals surface area contributed by atoms with Crippen LogP contribution in [0.5, 0.6) is 0 Å². The zero-order chi connectivity index (χ0) is 12.9. The van der Waals surface area contributed by atoms with Gasteiger partial charge in [-0.3, -0.25) is 0 Å². The van der Waals surface area contributed by atoms with Crippen molar-refractivity contribution >= 4 is 0 Å². The van der Waals surface area contributed by atoms with E-state index in [1.54, 1.807) is 5.56 Å². The normalized spacial score (nSPS) is 31.8. The molecule has 1 aromatic carbocycles. The first-order valence-electron chi connectivity index (χ1n) is 8.05. The Morgan fingerprint density at radius 3 is 2.63 bits per heavy atom. The van der Waals surface area contributed by atoms with Crippen LogP contribution in [0.25, 0.3) is 0 Å². The zero-order valence-electron chi connectivity index (χ0n) is 12.0. The lowest BCUT2D eigenvalue weighted by atomic mass is 9.75. The molecule has 3 aliphatic rings. The molecule has 0 heterocycles. The van der Waals surface area contributed by atoms with Crippen LogP contribution >= 0.6 is 0 Å². The van der Waals surface area contributed by atoms with Gasteiger partial charge in [-0.05, 0) is 68.3 Å². The van der Waals surface area contributed by atoms with Crippen molar-refractivity contribution in [3.05, 3.63) is 35.4 Å². The van der Waals surface area contributed by atoms with E-state index in [4.69, 9.17) is 0 Å². The predicted molar refractivity (Wildman–Crippen MR) is 79.3 cm³/mol. The number of hydrogen-bond acceptors (Lipinski definition) is 1. The lowest BCUT2D eigenvalue weighted by molar-refractivity contribution is 0.262. The molecule has 0 aromatic heterocycles. The molecule has 102 valence electrons. The van der Waals surface area contributed by atoms with Gasteiger partial charge in [-0.1, -0.05) is 29.8 Å². The molecule has 19 heavy (non-hydrogen) atoms. The van der Waals surface area contributed by atoms with Gasteiger partial charge in [0.25, 0.3) is 0 Å². The summed E-state index contributed by atoms with van der Waals surface area (Å²) in [6.07, 6.45) is 8.72. The monoisotopic (exact) mass is 255 g/mol. The molecule has 0 aliphatic heterocycles. The summed E-state index contributed by atoms with van der Waals surface area (Å²) in [5.74, 6) is 1.90. The van der Waals surface area contributed by atoms with Gasteiger partial charge in [0.1, 0.15) is 0 Å². The summed E-state index contributed by atoms with van der Waals surface area (Å²) < 4.78 is 0. The van der Waals surface area contributed by atoms with Gasteiger partial charge < -0.3 is 5.32 Å². The van der Waals surface area contributed by atoms with Gasteiger partial charge in [0, 0.05) is 12.6 Å². The first-order chi connectivity index (χ1) is 9.25. The van der Waals surface area contributed by atoms with Crippen molar-refractivity contribution in [2.45, 2.75) is 57.4 Å². The fourth-order valence-corrected chi connectivity index (χ4v) is 3.91. The molecule has 0 radical (unpaired) electrons. The van der Waals surface area contributed by atoms with Crippen LogP contribution in [0, 0.1) is 18.3 Å². The molecule has 0 saturated heterocycles. The molecule has 0 bridgehead atoms. The van der Waals surface area contributed by atoms with E-state index in [0.717, 1.165) is 23.3 Å². The lowest BCUT2D eigenvalue weighted by Crippen LogP contribution is -2.43. The summed E-state index contributed by atoms with van der Waals surface area (Å²) in [5.41, 5.74) is 3.72. The van der Waals surface area contributed by atoms with Gasteiger partial charge in [-0.2, -0.15) is 0 Å². The largest absolute Gasteiger partial charge is 0.313 e. The Morgan fingerprint density at radius 2 is 2.00 bits per heavy atom. The minimum Gasteiger partial charge on any atom is -0.313 e. The molecule has 3 saturated carbocycles. The maximum absolute atomic E-state index is 3.86. The fraction of sp³-hybridized carbons (Fsp3) is 0.667. The number of hydrogen-bond donors (Lipinski definition) is 1. The highest BCUT2D eigenvalue weighted by Crippen LogP contribution is 2.61. The molecule has 4 rings (SSSR count). The van der Waals surface area contributed by atoms with Crippen LogP contribution in [0.3, 0.4) is 0 Å². The van der Waals surface area contributed by atoms with Crippen LogP contribution in [0.1, 0.15) is 55.6 Å². The molecule has 0 amide bonds. The number of aryl methyl sites for hydroxylation is 1. The average molecular weight is 255 g/mol. The van der Waals surface area contributed by atoms with Crippen LogP contribution in [-0.4, -0.2) is 12.6 Å². The number of rotatable bonds is 5. The second-order valence-corrected chi connectivity index (χ2v) is 7.30. The maximum atomic E-state index is 3.86. The Kier molecular flexibility index (Phi) is 2.73. The van der Waals surface area contributed by atoms with Gasteiger partial charge >= 0.3 is 0 Å². The van der Waals surface area contributed by atoms with E-state index >= 15 is 0 Å². The Morgan fingerprint density at radius 1 is 1.21 bits per heavy atom. The first kappa shape index (κ1) is 12.0. The number of benzene rings is 1. The van der Waals surface area contributed by atoms with Crippen molar-refractivity contribution in [2.24, 2.45) is 11.3 Å². The van der Waals surface area contributed by atoms with Crippen molar-refractivity contribution < 1.29 is 0 Å². The predicted octanol–water partition coefficient (Wildman–Crippen LogP) is 4.02. The third-order valence-electron chi connectivity index (χ3n) is 5.73. The Balaban J connectivity index is 1.26. The van der Waals surface area contributed by atoms with Gasteiger partial charge in [0.2, 0.25) is 0 Å². The molecule has 1 N–H and O–H groups in total. The molecule has 0 atom stereocenters. The topological polar surface area (TPSA) is 12.0 Å². The third-order valence-corrected chi connectivity index (χ3v) is 5.73. The van der Waals surface area contributed by atoms with E-state index in [0.29, 0.717) is 0 Å². The van der Waals surface area contributed by atoms with Crippen LogP contribution in [0.2, 0.25) is 0 Å². The summed E-state index contributed by atoms with van der Waals surface area (Å²) in [6.45, 7) is 3.51. The van der Waals surface area contributed by atoms with Crippen LogP contribution < -0.4 is 5.32 Å². The van der Waals surface area contributed by atoms with Crippen molar-refractivity contribution in [3.8, 4) is 0 Å². The molecule has 1 heteroatoms. The molecule has 3 fully saturated rings. The number of nitrogens with one attached hydrogen (secondary N) is 1.